The summed E-state index contributed by atoms with van der Waals surface area (Å²) in [5.74, 6) is -0.297. The molecule has 4 heterocycles. The first kappa shape index (κ1) is 18.5. The number of carbonyl (C=O) groups excluding carboxylic acids is 2. The first-order valence-electron chi connectivity index (χ1n) is 12.6. The molecular weight excluding hydrogens is 432 g/mol. The molecule has 0 saturated heterocycles. The molecule has 1 atom stereocenters. The monoisotopic (exact) mass is 463 g/mol. The minimum Gasteiger partial charge on any atom is -0.364 e. The molecule has 0 spiro atoms. The number of fused-ring (bicyclic) bond motifs is 3. The fourth-order valence-corrected chi connectivity index (χ4v) is 4.31. The van der Waals surface area contributed by atoms with Crippen molar-refractivity contribution in [2.75, 3.05) is 29.6 Å². The molecule has 0 unspecified atom stereocenters. The van der Waals surface area contributed by atoms with Crippen LogP contribution < -0.4 is 20.9 Å². The first-order valence-corrected chi connectivity index (χ1v) is 11.1. The van der Waals surface area contributed by atoms with Crippen molar-refractivity contribution in [3.63, 3.8) is 0 Å². The number of amides is 2. The van der Waals surface area contributed by atoms with E-state index in [-0.39, 0.29) is 34.9 Å². The van der Waals surface area contributed by atoms with Crippen molar-refractivity contribution in [2.45, 2.75) is 32.7 Å². The van der Waals surface area contributed by atoms with Gasteiger partial charge < -0.3 is 20.9 Å². The van der Waals surface area contributed by atoms with Gasteiger partial charge in [0, 0.05) is 66.9 Å². The number of aromatic nitrogens is 4. The van der Waals surface area contributed by atoms with Crippen LogP contribution in [-0.2, 0) is 11.8 Å². The Bertz CT molecular complexity index is 1410. The lowest BCUT2D eigenvalue weighted by atomic mass is 9.93. The van der Waals surface area contributed by atoms with E-state index >= 15 is 0 Å². The number of carbonyl (C=O) groups is 2. The molecule has 176 valence electrons. The van der Waals surface area contributed by atoms with Gasteiger partial charge in [-0.3, -0.25) is 14.3 Å². The lowest BCUT2D eigenvalue weighted by Crippen LogP contribution is -2.27. The third-order valence-corrected chi connectivity index (χ3v) is 6.43. The summed E-state index contributed by atoms with van der Waals surface area (Å²) < 4.78 is 24.1. The maximum atomic E-state index is 12.9. The lowest BCUT2D eigenvalue weighted by Gasteiger charge is -2.35. The minimum atomic E-state index is -2.68. The fraction of sp³-hybridized carbons (Fsp3) is 0.375. The molecule has 0 bridgehead atoms. The van der Waals surface area contributed by atoms with Crippen LogP contribution in [-0.4, -0.2) is 45.6 Å². The molecule has 3 aromatic rings. The van der Waals surface area contributed by atoms with Gasteiger partial charge in [-0.1, -0.05) is 0 Å². The number of aryl methyl sites for hydroxylation is 2. The van der Waals surface area contributed by atoms with E-state index in [0.29, 0.717) is 5.82 Å². The van der Waals surface area contributed by atoms with E-state index in [1.807, 2.05) is 32.5 Å². The number of rotatable bonds is 5. The van der Waals surface area contributed by atoms with Gasteiger partial charge in [-0.15, -0.1) is 0 Å². The summed E-state index contributed by atoms with van der Waals surface area (Å²) in [5, 5.41) is 12.7. The van der Waals surface area contributed by atoms with Crippen LogP contribution in [0.3, 0.4) is 0 Å². The zero-order valence-corrected chi connectivity index (χ0v) is 19.4. The lowest BCUT2D eigenvalue weighted by molar-refractivity contribution is -0.117. The summed E-state index contributed by atoms with van der Waals surface area (Å²) in [5.41, 5.74) is 4.85. The maximum absolute atomic E-state index is 12.9. The Balaban J connectivity index is 1.59. The maximum Gasteiger partial charge on any atom is 0.254 e. The molecule has 1 fully saturated rings. The van der Waals surface area contributed by atoms with Crippen molar-refractivity contribution in [2.24, 2.45) is 13.0 Å². The molecule has 1 aliphatic carbocycles. The normalized spacial score (nSPS) is 18.2. The molecule has 2 aliphatic rings. The molecule has 2 amide bonds. The second kappa shape index (κ2) is 8.12. The highest BCUT2D eigenvalue weighted by atomic mass is 16.2. The van der Waals surface area contributed by atoms with Crippen LogP contribution in [0.4, 0.5) is 23.0 Å². The van der Waals surface area contributed by atoms with Crippen LogP contribution in [0.2, 0.25) is 0 Å². The van der Waals surface area contributed by atoms with E-state index in [4.69, 9.17) is 9.21 Å². The highest BCUT2D eigenvalue weighted by Crippen LogP contribution is 2.48. The Morgan fingerprint density at radius 2 is 2.00 bits per heavy atom. The summed E-state index contributed by atoms with van der Waals surface area (Å²) in [6.45, 7) is 1.35. The molecule has 3 aromatic heterocycles. The van der Waals surface area contributed by atoms with Gasteiger partial charge in [0.15, 0.2) is 5.82 Å². The molecule has 3 N–H and O–H groups in total. The highest BCUT2D eigenvalue weighted by molar-refractivity contribution is 6.02. The Hall–Kier alpha value is -3.95. The summed E-state index contributed by atoms with van der Waals surface area (Å²) in [7, 11) is 3.84. The second-order valence-corrected chi connectivity index (χ2v) is 8.86. The number of hydrogen-bond donors (Lipinski definition) is 3. The first-order chi connectivity index (χ1) is 17.4. The topological polar surface area (TPSA) is 117 Å². The molecule has 1 saturated carbocycles. The summed E-state index contributed by atoms with van der Waals surface area (Å²) >= 11 is 0. The average molecular weight is 464 g/mol. The largest absolute Gasteiger partial charge is 0.364 e. The van der Waals surface area contributed by atoms with E-state index in [0.717, 1.165) is 40.9 Å². The second-order valence-electron chi connectivity index (χ2n) is 8.86. The molecule has 0 radical (unpaired) electrons. The van der Waals surface area contributed by atoms with Crippen LogP contribution in [0.25, 0.3) is 11.3 Å². The zero-order chi connectivity index (χ0) is 26.6. The molecular formula is C24H28N8O2. The van der Waals surface area contributed by atoms with E-state index in [2.05, 4.69) is 32.4 Å². The van der Waals surface area contributed by atoms with Crippen LogP contribution in [0.1, 0.15) is 51.4 Å². The van der Waals surface area contributed by atoms with Crippen molar-refractivity contribution in [3.8, 4) is 11.3 Å². The van der Waals surface area contributed by atoms with Gasteiger partial charge in [0.25, 0.3) is 5.91 Å². The molecule has 0 aromatic carbocycles. The van der Waals surface area contributed by atoms with Crippen molar-refractivity contribution < 1.29 is 13.7 Å². The quantitative estimate of drug-likeness (QED) is 0.532. The predicted molar refractivity (Wildman–Crippen MR) is 130 cm³/mol. The van der Waals surface area contributed by atoms with Gasteiger partial charge in [0.1, 0.15) is 11.5 Å². The van der Waals surface area contributed by atoms with E-state index in [9.17, 15) is 9.59 Å². The van der Waals surface area contributed by atoms with Gasteiger partial charge in [0.05, 0.1) is 23.0 Å². The van der Waals surface area contributed by atoms with Gasteiger partial charge in [-0.25, -0.2) is 9.97 Å². The van der Waals surface area contributed by atoms with Crippen molar-refractivity contribution >= 4 is 34.8 Å². The molecule has 5 rings (SSSR count). The number of anilines is 4. The Morgan fingerprint density at radius 3 is 2.74 bits per heavy atom. The van der Waals surface area contributed by atoms with Crippen LogP contribution in [0.15, 0.2) is 24.7 Å². The Labute approximate surface area is 202 Å². The minimum absolute atomic E-state index is 0.00158. The van der Waals surface area contributed by atoms with Gasteiger partial charge >= 0.3 is 0 Å². The number of hydrogen-bond acceptors (Lipinski definition) is 7. The van der Waals surface area contributed by atoms with Crippen LogP contribution in [0.5, 0.6) is 0 Å². The number of nitrogens with one attached hydrogen (secondary N) is 3. The van der Waals surface area contributed by atoms with Crippen LogP contribution in [0, 0.1) is 12.8 Å². The Kier molecular flexibility index (Phi) is 4.41. The third kappa shape index (κ3) is 3.64. The van der Waals surface area contributed by atoms with Crippen molar-refractivity contribution in [1.29, 1.82) is 0 Å². The number of pyridine rings is 2. The highest BCUT2D eigenvalue weighted by Gasteiger charge is 2.33. The number of nitrogens with zero attached hydrogens (tertiary/aromatic N) is 5. The fourth-order valence-electron chi connectivity index (χ4n) is 4.31. The third-order valence-electron chi connectivity index (χ3n) is 6.43. The standard InChI is InChI=1S/C24H28N8O2/c1-12-9-27-22(21-19(12)20-16(11-31(4)30-20)13(2)32(21)5)28-17-8-18(29-23(33)14-6-7-14)26-10-15(17)24(34)25-3/h8-11,13-14H,6-7H2,1-5H3,(H,25,34)(H2,26,27,28,29,33)/t13-/m1/s1/i3D3. The Morgan fingerprint density at radius 1 is 1.21 bits per heavy atom. The summed E-state index contributed by atoms with van der Waals surface area (Å²) in [6.07, 6.45) is 6.63. The molecule has 1 aliphatic heterocycles. The van der Waals surface area contributed by atoms with Crippen molar-refractivity contribution in [3.05, 3.63) is 41.3 Å². The summed E-state index contributed by atoms with van der Waals surface area (Å²) in [4.78, 5) is 36.1. The van der Waals surface area contributed by atoms with Gasteiger partial charge in [-0.2, -0.15) is 5.10 Å². The smallest absolute Gasteiger partial charge is 0.254 e. The SMILES string of the molecule is [2H]C([2H])([2H])NC(=O)c1cnc(NC(=O)C2CC2)cc1Nc1ncc(C)c2c1N(C)[C@H](C)c1cn(C)nc1-2. The molecule has 10 nitrogen and oxygen atoms in total. The average Bonchev–Trinajstić information content (AvgIpc) is 3.59. The van der Waals surface area contributed by atoms with E-state index < -0.39 is 12.9 Å². The van der Waals surface area contributed by atoms with E-state index in [1.165, 1.54) is 12.3 Å². The molecule has 34 heavy (non-hydrogen) atoms. The predicted octanol–water partition coefficient (Wildman–Crippen LogP) is 3.15. The van der Waals surface area contributed by atoms with Gasteiger partial charge in [0.2, 0.25) is 5.91 Å². The zero-order valence-electron chi connectivity index (χ0n) is 22.4. The molecule has 10 heteroatoms. The summed E-state index contributed by atoms with van der Waals surface area (Å²) in [6, 6.07) is 1.52. The van der Waals surface area contributed by atoms with Crippen molar-refractivity contribution in [1.82, 2.24) is 25.1 Å². The van der Waals surface area contributed by atoms with E-state index in [1.54, 1.807) is 10.9 Å². The van der Waals surface area contributed by atoms with Crippen LogP contribution >= 0.6 is 0 Å². The van der Waals surface area contributed by atoms with Gasteiger partial charge in [-0.05, 0) is 32.3 Å².